The third-order valence-electron chi connectivity index (χ3n) is 3.63. The predicted molar refractivity (Wildman–Crippen MR) is 107 cm³/mol. The fraction of sp³-hybridized carbons (Fsp3) is 0.0526. The van der Waals surface area contributed by atoms with E-state index in [-0.39, 0.29) is 5.92 Å². The zero-order valence-electron chi connectivity index (χ0n) is 11.7. The van der Waals surface area contributed by atoms with Crippen LogP contribution in [0.15, 0.2) is 72.8 Å². The van der Waals surface area contributed by atoms with Gasteiger partial charge in [-0.1, -0.05) is 60.7 Å². The van der Waals surface area contributed by atoms with Gasteiger partial charge in [-0.3, -0.25) is 0 Å². The first-order valence-corrected chi connectivity index (χ1v) is 9.10. The molecule has 0 aromatic heterocycles. The van der Waals surface area contributed by atoms with E-state index in [2.05, 4.69) is 75.5 Å². The van der Waals surface area contributed by atoms with Crippen LogP contribution in [0.25, 0.3) is 0 Å². The molecule has 0 aliphatic heterocycles. The molecule has 3 rings (SSSR count). The van der Waals surface area contributed by atoms with Crippen LogP contribution in [-0.4, -0.2) is 5.11 Å². The summed E-state index contributed by atoms with van der Waals surface area (Å²) in [5.41, 5.74) is 3.32. The summed E-state index contributed by atoms with van der Waals surface area (Å²) in [5.74, 6) is 0.407. The highest BCUT2D eigenvalue weighted by Gasteiger charge is 2.21. The van der Waals surface area contributed by atoms with Crippen molar-refractivity contribution in [3.05, 3.63) is 96.6 Å². The van der Waals surface area contributed by atoms with Gasteiger partial charge < -0.3 is 5.11 Å². The summed E-state index contributed by atoms with van der Waals surface area (Å²) in [7, 11) is 0. The number of rotatable bonds is 3. The Hall–Kier alpha value is -1.08. The Kier molecular flexibility index (Phi) is 5.03. The largest absolute Gasteiger partial charge is 0.507 e. The van der Waals surface area contributed by atoms with Crippen molar-refractivity contribution >= 4 is 45.2 Å². The van der Waals surface area contributed by atoms with Gasteiger partial charge in [0.25, 0.3) is 0 Å². The minimum absolute atomic E-state index is 0.0330. The predicted octanol–water partition coefficient (Wildman–Crippen LogP) is 5.78. The zero-order valence-corrected chi connectivity index (χ0v) is 16.0. The number of benzene rings is 3. The Balaban J connectivity index is 2.23. The number of aromatic hydroxyl groups is 1. The quantitative estimate of drug-likeness (QED) is 0.349. The molecule has 0 fully saturated rings. The molecule has 0 amide bonds. The van der Waals surface area contributed by atoms with Gasteiger partial charge in [0.1, 0.15) is 5.75 Å². The van der Waals surface area contributed by atoms with Gasteiger partial charge in [0.2, 0.25) is 0 Å². The van der Waals surface area contributed by atoms with Crippen LogP contribution in [0.3, 0.4) is 0 Å². The summed E-state index contributed by atoms with van der Waals surface area (Å²) in [6.45, 7) is 0. The second kappa shape index (κ2) is 7.00. The molecule has 0 atom stereocenters. The van der Waals surface area contributed by atoms with Gasteiger partial charge in [-0.05, 0) is 68.4 Å². The summed E-state index contributed by atoms with van der Waals surface area (Å²) in [5, 5.41) is 10.6. The molecule has 22 heavy (non-hydrogen) atoms. The fourth-order valence-corrected chi connectivity index (χ4v) is 4.54. The van der Waals surface area contributed by atoms with Crippen molar-refractivity contribution in [1.82, 2.24) is 0 Å². The van der Waals surface area contributed by atoms with Crippen LogP contribution in [0.2, 0.25) is 0 Å². The fourth-order valence-electron chi connectivity index (χ4n) is 2.65. The first kappa shape index (κ1) is 15.8. The number of phenolic OH excluding ortho intramolecular Hbond substituents is 1. The van der Waals surface area contributed by atoms with E-state index < -0.39 is 0 Å². The molecule has 3 heteroatoms. The SMILES string of the molecule is Oc1c(I)cc(I)cc1C(c1ccccc1)c1ccccc1. The number of halogens is 2. The van der Waals surface area contributed by atoms with Crippen LogP contribution >= 0.6 is 45.2 Å². The maximum Gasteiger partial charge on any atom is 0.133 e. The number of hydrogen-bond donors (Lipinski definition) is 1. The van der Waals surface area contributed by atoms with Crippen molar-refractivity contribution in [2.24, 2.45) is 0 Å². The second-order valence-corrected chi connectivity index (χ2v) is 7.49. The highest BCUT2D eigenvalue weighted by molar-refractivity contribution is 14.1. The van der Waals surface area contributed by atoms with Crippen LogP contribution in [0, 0.1) is 7.14 Å². The molecule has 3 aromatic rings. The smallest absolute Gasteiger partial charge is 0.133 e. The van der Waals surface area contributed by atoms with Crippen molar-refractivity contribution < 1.29 is 5.11 Å². The summed E-state index contributed by atoms with van der Waals surface area (Å²) in [4.78, 5) is 0. The molecule has 1 nitrogen and oxygen atoms in total. The van der Waals surface area contributed by atoms with Gasteiger partial charge in [-0.25, -0.2) is 0 Å². The molecule has 0 unspecified atom stereocenters. The molecule has 0 spiro atoms. The Morgan fingerprint density at radius 1 is 0.727 bits per heavy atom. The van der Waals surface area contributed by atoms with Crippen molar-refractivity contribution in [1.29, 1.82) is 0 Å². The lowest BCUT2D eigenvalue weighted by atomic mass is 9.85. The molecule has 0 heterocycles. The Morgan fingerprint density at radius 3 is 1.73 bits per heavy atom. The lowest BCUT2D eigenvalue weighted by molar-refractivity contribution is 0.463. The van der Waals surface area contributed by atoms with Crippen molar-refractivity contribution in [3.8, 4) is 5.75 Å². The van der Waals surface area contributed by atoms with E-state index in [0.717, 1.165) is 12.7 Å². The topological polar surface area (TPSA) is 20.2 Å². The Morgan fingerprint density at radius 2 is 1.23 bits per heavy atom. The van der Waals surface area contributed by atoms with E-state index >= 15 is 0 Å². The van der Waals surface area contributed by atoms with Crippen LogP contribution in [0.4, 0.5) is 0 Å². The van der Waals surface area contributed by atoms with Crippen LogP contribution in [0.1, 0.15) is 22.6 Å². The van der Waals surface area contributed by atoms with Gasteiger partial charge in [0.15, 0.2) is 0 Å². The summed E-state index contributed by atoms with van der Waals surface area (Å²) >= 11 is 4.50. The van der Waals surface area contributed by atoms with Gasteiger partial charge in [-0.15, -0.1) is 0 Å². The zero-order chi connectivity index (χ0) is 15.5. The van der Waals surface area contributed by atoms with E-state index in [1.807, 2.05) is 42.5 Å². The Bertz CT molecular complexity index is 731. The third kappa shape index (κ3) is 3.30. The average Bonchev–Trinajstić information content (AvgIpc) is 2.54. The lowest BCUT2D eigenvalue weighted by Gasteiger charge is -2.21. The van der Waals surface area contributed by atoms with Crippen molar-refractivity contribution in [3.63, 3.8) is 0 Å². The Labute approximate surface area is 157 Å². The van der Waals surface area contributed by atoms with Crippen molar-refractivity contribution in [2.75, 3.05) is 0 Å². The van der Waals surface area contributed by atoms with E-state index in [1.165, 1.54) is 11.1 Å². The summed E-state index contributed by atoms with van der Waals surface area (Å²) < 4.78 is 2.02. The lowest BCUT2D eigenvalue weighted by Crippen LogP contribution is -2.04. The molecule has 110 valence electrons. The number of hydrogen-bond acceptors (Lipinski definition) is 1. The molecular weight excluding hydrogens is 498 g/mol. The standard InChI is InChI=1S/C19H14I2O/c20-15-11-16(19(22)17(21)12-15)18(13-7-3-1-4-8-13)14-9-5-2-6-10-14/h1-12,18,22H. The average molecular weight is 512 g/mol. The maximum atomic E-state index is 10.6. The van der Waals surface area contributed by atoms with Gasteiger partial charge >= 0.3 is 0 Å². The maximum absolute atomic E-state index is 10.6. The molecular formula is C19H14I2O. The molecule has 1 N–H and O–H groups in total. The molecule has 0 bridgehead atoms. The summed E-state index contributed by atoms with van der Waals surface area (Å²) in [6.07, 6.45) is 0. The molecule has 0 saturated carbocycles. The second-order valence-electron chi connectivity index (χ2n) is 5.08. The molecule has 0 aliphatic carbocycles. The van der Waals surface area contributed by atoms with Crippen LogP contribution in [-0.2, 0) is 0 Å². The highest BCUT2D eigenvalue weighted by atomic mass is 127. The summed E-state index contributed by atoms with van der Waals surface area (Å²) in [6, 6.07) is 24.7. The third-order valence-corrected chi connectivity index (χ3v) is 5.08. The van der Waals surface area contributed by atoms with Gasteiger partial charge in [0.05, 0.1) is 3.57 Å². The normalized spacial score (nSPS) is 10.9. The van der Waals surface area contributed by atoms with Crippen molar-refractivity contribution in [2.45, 2.75) is 5.92 Å². The minimum atomic E-state index is 0.0330. The van der Waals surface area contributed by atoms with E-state index in [1.54, 1.807) is 0 Å². The first-order valence-electron chi connectivity index (χ1n) is 6.94. The van der Waals surface area contributed by atoms with E-state index in [9.17, 15) is 5.11 Å². The van der Waals surface area contributed by atoms with E-state index in [0.29, 0.717) is 5.75 Å². The van der Waals surface area contributed by atoms with Crippen LogP contribution in [0.5, 0.6) is 5.75 Å². The number of phenols is 1. The van der Waals surface area contributed by atoms with Gasteiger partial charge in [-0.2, -0.15) is 0 Å². The van der Waals surface area contributed by atoms with E-state index in [4.69, 9.17) is 0 Å². The minimum Gasteiger partial charge on any atom is -0.507 e. The molecule has 0 radical (unpaired) electrons. The first-order chi connectivity index (χ1) is 10.7. The highest BCUT2D eigenvalue weighted by Crippen LogP contribution is 2.39. The van der Waals surface area contributed by atoms with Gasteiger partial charge in [0, 0.05) is 15.1 Å². The molecule has 0 aliphatic rings. The van der Waals surface area contributed by atoms with Crippen LogP contribution < -0.4 is 0 Å². The molecule has 3 aromatic carbocycles. The monoisotopic (exact) mass is 512 g/mol. The molecule has 0 saturated heterocycles.